The summed E-state index contributed by atoms with van der Waals surface area (Å²) >= 11 is 3.19. The number of nitrogens with one attached hydrogen (secondary N) is 2. The van der Waals surface area contributed by atoms with Crippen LogP contribution in [0.5, 0.6) is 5.75 Å². The molecule has 1 rings (SSSR count). The van der Waals surface area contributed by atoms with Crippen LogP contribution in [0, 0.1) is 0 Å². The molecule has 0 unspecified atom stereocenters. The number of carbonyl (C=O) groups is 4. The third-order valence-corrected chi connectivity index (χ3v) is 14.8. The molecule has 1 aromatic carbocycles. The average molecular weight is 1600 g/mol. The summed E-state index contributed by atoms with van der Waals surface area (Å²) in [5.41, 5.74) is 7.37. The Morgan fingerprint density at radius 2 is 0.679 bits per heavy atom. The number of ether oxygens (including phenoxy) is 23. The highest BCUT2D eigenvalue weighted by atomic mass is 79.9. The van der Waals surface area contributed by atoms with E-state index in [2.05, 4.69) is 33.5 Å². The number of halogens is 1. The summed E-state index contributed by atoms with van der Waals surface area (Å²) in [5, 5.41) is 24.2. The summed E-state index contributed by atoms with van der Waals surface area (Å²) < 4.78 is 127. The Morgan fingerprint density at radius 1 is 0.396 bits per heavy atom. The standard InChI is InChI=1S/C73H132BrN3O29/c1-2-7-66(75)62-65-12-13-71(81)69(63-65)77-72(82)11-5-14-76-73(83)64-68(74)70(80)10-4-3-8-67(79)9-6-16-84-18-20-86-22-24-88-26-28-90-30-32-92-34-36-94-38-40-96-42-44-98-46-48-100-50-52-102-54-56-104-58-60-106-61-59-105-57-55-103-53-51-101-49-47-99-45-43-97-41-39-95-37-35-93-33-31-91-29-27-89-25-23-87-21-19-85-17-15-78/h12-13,63-64,66,78,81H,2-11,14-62,75H2,1H3,(H,76,83)(H,77,82)/b68-64-/t66-/m1/s1. The number of hydrogen-bond donors (Lipinski definition) is 5. The SMILES string of the molecule is CCC[C@@H](N)Cc1ccc(O)c(NC(=O)CCCNC(=O)/C=C(\Br)C(=O)CCCCC(=O)CCCOCCOCCOCCOCCOCCOCCOCCOCCOCCOCCOCCOCCOCCOCCOCCOCCOCCOCCOCCOCCOCCOCCOCCO)c1. The number of phenols is 1. The minimum Gasteiger partial charge on any atom is -0.506 e. The maximum absolute atomic E-state index is 12.5. The monoisotopic (exact) mass is 1590 g/mol. The molecule has 1 aromatic rings. The Hall–Kier alpha value is -3.48. The number of benzene rings is 1. The number of anilines is 1. The van der Waals surface area contributed by atoms with Crippen LogP contribution < -0.4 is 16.4 Å². The second-order valence-electron chi connectivity index (χ2n) is 23.1. The first-order valence-electron chi connectivity index (χ1n) is 37.6. The molecule has 0 saturated heterocycles. The molecule has 6 N–H and O–H groups in total. The number of amides is 2. The third-order valence-electron chi connectivity index (χ3n) is 14.2. The lowest BCUT2D eigenvalue weighted by atomic mass is 10.0. The van der Waals surface area contributed by atoms with Gasteiger partial charge in [-0.2, -0.15) is 0 Å². The fraction of sp³-hybridized carbons (Fsp3) is 0.836. The number of unbranched alkanes of at least 4 members (excludes halogenated alkanes) is 1. The van der Waals surface area contributed by atoms with Crippen molar-refractivity contribution in [2.24, 2.45) is 5.73 Å². The number of phenolic OH excluding ortho intramolecular Hbond substituents is 1. The van der Waals surface area contributed by atoms with Gasteiger partial charge >= 0.3 is 0 Å². The van der Waals surface area contributed by atoms with Crippen LogP contribution in [0.15, 0.2) is 28.8 Å². The van der Waals surface area contributed by atoms with E-state index in [-0.39, 0.29) is 59.7 Å². The van der Waals surface area contributed by atoms with E-state index in [0.29, 0.717) is 355 Å². The first kappa shape index (κ1) is 101. The van der Waals surface area contributed by atoms with Crippen LogP contribution in [0.1, 0.15) is 76.7 Å². The molecule has 0 fully saturated rings. The zero-order valence-corrected chi connectivity index (χ0v) is 65.1. The minimum atomic E-state index is -0.463. The fourth-order valence-corrected chi connectivity index (χ4v) is 9.14. The second-order valence-corrected chi connectivity index (χ2v) is 24.0. The van der Waals surface area contributed by atoms with Crippen molar-refractivity contribution in [3.8, 4) is 5.75 Å². The van der Waals surface area contributed by atoms with E-state index in [1.54, 1.807) is 12.1 Å². The number of rotatable bonds is 88. The number of nitrogens with two attached hydrogens (primary N) is 1. The Labute approximate surface area is 637 Å². The summed E-state index contributed by atoms with van der Waals surface area (Å²) in [6.45, 7) is 23.6. The van der Waals surface area contributed by atoms with Crippen LogP contribution in [0.2, 0.25) is 0 Å². The summed E-state index contributed by atoms with van der Waals surface area (Å²) in [4.78, 5) is 49.7. The lowest BCUT2D eigenvalue weighted by Crippen LogP contribution is -2.24. The van der Waals surface area contributed by atoms with Gasteiger partial charge in [-0.05, 0) is 72.2 Å². The maximum atomic E-state index is 12.5. The normalized spacial score (nSPS) is 12.1. The van der Waals surface area contributed by atoms with E-state index in [4.69, 9.17) is 120 Å². The van der Waals surface area contributed by atoms with Gasteiger partial charge in [0.25, 0.3) is 0 Å². The molecular formula is C73H132BrN3O29. The predicted molar refractivity (Wildman–Crippen MR) is 396 cm³/mol. The van der Waals surface area contributed by atoms with Gasteiger partial charge in [0.2, 0.25) is 11.8 Å². The molecule has 106 heavy (non-hydrogen) atoms. The van der Waals surface area contributed by atoms with Gasteiger partial charge < -0.3 is 136 Å². The molecule has 2 amide bonds. The second kappa shape index (κ2) is 82.5. The van der Waals surface area contributed by atoms with Crippen molar-refractivity contribution >= 4 is 45.0 Å². The molecule has 0 aliphatic heterocycles. The van der Waals surface area contributed by atoms with E-state index >= 15 is 0 Å². The van der Waals surface area contributed by atoms with Gasteiger partial charge in [0.15, 0.2) is 5.78 Å². The molecule has 620 valence electrons. The number of hydrogen-bond acceptors (Lipinski definition) is 30. The fourth-order valence-electron chi connectivity index (χ4n) is 8.73. The number of aromatic hydroxyl groups is 1. The van der Waals surface area contributed by atoms with Crippen LogP contribution in [0.4, 0.5) is 5.69 Å². The van der Waals surface area contributed by atoms with Crippen molar-refractivity contribution in [3.63, 3.8) is 0 Å². The van der Waals surface area contributed by atoms with Crippen molar-refractivity contribution in [1.29, 1.82) is 0 Å². The van der Waals surface area contributed by atoms with E-state index < -0.39 is 5.91 Å². The summed E-state index contributed by atoms with van der Waals surface area (Å²) in [7, 11) is 0. The molecular weight excluding hydrogens is 1460 g/mol. The van der Waals surface area contributed by atoms with Gasteiger partial charge in [-0.3, -0.25) is 19.2 Å². The number of carbonyl (C=O) groups excluding carboxylic acids is 4. The Morgan fingerprint density at radius 3 is 0.981 bits per heavy atom. The summed E-state index contributed by atoms with van der Waals surface area (Å²) in [5.74, 6) is -0.934. The largest absolute Gasteiger partial charge is 0.506 e. The third kappa shape index (κ3) is 74.6. The van der Waals surface area contributed by atoms with Crippen LogP contribution in [-0.2, 0) is 135 Å². The van der Waals surface area contributed by atoms with Crippen LogP contribution >= 0.6 is 15.9 Å². The Kier molecular flexibility index (Phi) is 78.2. The molecule has 33 heteroatoms. The molecule has 0 heterocycles. The molecule has 0 aliphatic carbocycles. The molecule has 0 spiro atoms. The topological polar surface area (TPSA) is 371 Å². The molecule has 0 saturated carbocycles. The van der Waals surface area contributed by atoms with Crippen molar-refractivity contribution < 1.29 is 138 Å². The zero-order chi connectivity index (χ0) is 76.4. The first-order chi connectivity index (χ1) is 52.2. The maximum Gasteiger partial charge on any atom is 0.245 e. The Bertz CT molecular complexity index is 2140. The molecule has 1 atom stereocenters. The van der Waals surface area contributed by atoms with Gasteiger partial charge in [0, 0.05) is 51.0 Å². The van der Waals surface area contributed by atoms with E-state index in [1.165, 1.54) is 12.1 Å². The molecule has 32 nitrogen and oxygen atoms in total. The lowest BCUT2D eigenvalue weighted by molar-refractivity contribution is -0.120. The molecule has 0 radical (unpaired) electrons. The van der Waals surface area contributed by atoms with Crippen LogP contribution in [0.3, 0.4) is 0 Å². The number of aliphatic hydroxyl groups is 1. The van der Waals surface area contributed by atoms with Gasteiger partial charge in [-0.1, -0.05) is 19.4 Å². The number of allylic oxidation sites excluding steroid dienone is 1. The predicted octanol–water partition coefficient (Wildman–Crippen LogP) is 4.03. The number of Topliss-reactive ketones (excluding diaryl/α,β-unsaturated/α-hetero) is 2. The Balaban J connectivity index is 1.69. The minimum absolute atomic E-state index is 0.00190. The van der Waals surface area contributed by atoms with E-state index in [9.17, 15) is 24.3 Å². The average Bonchev–Trinajstić information content (AvgIpc) is 0.862. The van der Waals surface area contributed by atoms with E-state index in [1.807, 2.05) is 0 Å². The van der Waals surface area contributed by atoms with Crippen LogP contribution in [0.25, 0.3) is 0 Å². The zero-order valence-electron chi connectivity index (χ0n) is 63.5. The van der Waals surface area contributed by atoms with Gasteiger partial charge in [-0.25, -0.2) is 0 Å². The van der Waals surface area contributed by atoms with Crippen molar-refractivity contribution in [2.45, 2.75) is 83.6 Å². The highest BCUT2D eigenvalue weighted by Crippen LogP contribution is 2.25. The highest BCUT2D eigenvalue weighted by Gasteiger charge is 2.13. The summed E-state index contributed by atoms with van der Waals surface area (Å²) in [6.07, 6.45) is 6.77. The molecule has 0 aliphatic rings. The lowest BCUT2D eigenvalue weighted by Gasteiger charge is -2.13. The van der Waals surface area contributed by atoms with Gasteiger partial charge in [0.1, 0.15) is 11.5 Å². The smallest absolute Gasteiger partial charge is 0.245 e. The van der Waals surface area contributed by atoms with Gasteiger partial charge in [-0.15, -0.1) is 0 Å². The van der Waals surface area contributed by atoms with Crippen molar-refractivity contribution in [1.82, 2.24) is 5.32 Å². The first-order valence-corrected chi connectivity index (χ1v) is 38.4. The molecule has 0 bridgehead atoms. The number of aliphatic hydroxyl groups excluding tert-OH is 1. The molecule has 0 aromatic heterocycles. The van der Waals surface area contributed by atoms with Gasteiger partial charge in [0.05, 0.1) is 314 Å². The van der Waals surface area contributed by atoms with Crippen LogP contribution in [-0.4, -0.2) is 357 Å². The quantitative estimate of drug-likeness (QED) is 0.0349. The van der Waals surface area contributed by atoms with Crippen molar-refractivity contribution in [2.75, 3.05) is 322 Å². The highest BCUT2D eigenvalue weighted by molar-refractivity contribution is 9.12. The van der Waals surface area contributed by atoms with E-state index in [0.717, 1.165) is 18.4 Å². The van der Waals surface area contributed by atoms with Crippen molar-refractivity contribution in [3.05, 3.63) is 34.3 Å². The number of ketones is 2. The summed E-state index contributed by atoms with van der Waals surface area (Å²) in [6, 6.07) is 5.04.